The van der Waals surface area contributed by atoms with E-state index in [2.05, 4.69) is 73.4 Å². The molecule has 0 saturated carbocycles. The van der Waals surface area contributed by atoms with Crippen molar-refractivity contribution in [2.24, 2.45) is 0 Å². The molecule has 1 nitrogen and oxygen atoms in total. The molecule has 1 unspecified atom stereocenters. The molecule has 0 aromatic heterocycles. The number of thioether (sulfide) groups is 1. The van der Waals surface area contributed by atoms with Crippen LogP contribution in [-0.4, -0.2) is 17.0 Å². The van der Waals surface area contributed by atoms with Gasteiger partial charge in [0, 0.05) is 23.1 Å². The summed E-state index contributed by atoms with van der Waals surface area (Å²) in [5, 5.41) is 6.50. The van der Waals surface area contributed by atoms with Crippen LogP contribution in [0.1, 0.15) is 25.5 Å². The number of nitrogens with one attached hydrogen (secondary N) is 1. The molecule has 1 fully saturated rings. The van der Waals surface area contributed by atoms with E-state index >= 15 is 0 Å². The third-order valence-electron chi connectivity index (χ3n) is 3.51. The van der Waals surface area contributed by atoms with Gasteiger partial charge in [-0.3, -0.25) is 0 Å². The molecule has 0 amide bonds. The van der Waals surface area contributed by atoms with E-state index in [1.54, 1.807) is 0 Å². The smallest absolute Gasteiger partial charge is 0.0422 e. The lowest BCUT2D eigenvalue weighted by Gasteiger charge is -2.37. The summed E-state index contributed by atoms with van der Waals surface area (Å²) in [5.74, 6) is 2.35. The fourth-order valence-electron chi connectivity index (χ4n) is 2.71. The molecule has 3 rings (SSSR count). The van der Waals surface area contributed by atoms with Crippen LogP contribution < -0.4 is 5.32 Å². The second kappa shape index (κ2) is 4.60. The van der Waals surface area contributed by atoms with E-state index in [4.69, 9.17) is 0 Å². The van der Waals surface area contributed by atoms with Gasteiger partial charge in [-0.05, 0) is 30.2 Å². The molecule has 0 spiro atoms. The third-order valence-corrected chi connectivity index (χ3v) is 5.01. The van der Waals surface area contributed by atoms with Gasteiger partial charge in [0.2, 0.25) is 0 Å². The van der Waals surface area contributed by atoms with Crippen LogP contribution in [0.25, 0.3) is 10.8 Å². The van der Waals surface area contributed by atoms with E-state index < -0.39 is 0 Å². The topological polar surface area (TPSA) is 12.0 Å². The second-order valence-electron chi connectivity index (χ2n) is 5.66. The first kappa shape index (κ1) is 12.1. The lowest BCUT2D eigenvalue weighted by atomic mass is 9.97. The van der Waals surface area contributed by atoms with Gasteiger partial charge in [0.1, 0.15) is 0 Å². The Kier molecular flexibility index (Phi) is 3.08. The van der Waals surface area contributed by atoms with E-state index in [9.17, 15) is 0 Å². The molecule has 2 heteroatoms. The molecule has 1 saturated heterocycles. The Morgan fingerprint density at radius 1 is 1.11 bits per heavy atom. The van der Waals surface area contributed by atoms with Crippen molar-refractivity contribution in [1.29, 1.82) is 0 Å². The summed E-state index contributed by atoms with van der Waals surface area (Å²) in [6, 6.07) is 15.8. The van der Waals surface area contributed by atoms with Gasteiger partial charge >= 0.3 is 0 Å². The zero-order valence-electron chi connectivity index (χ0n) is 10.9. The van der Waals surface area contributed by atoms with E-state index in [1.807, 2.05) is 0 Å². The van der Waals surface area contributed by atoms with Gasteiger partial charge in [-0.2, -0.15) is 11.8 Å². The van der Waals surface area contributed by atoms with Gasteiger partial charge in [-0.15, -0.1) is 0 Å². The zero-order valence-corrected chi connectivity index (χ0v) is 11.8. The summed E-state index contributed by atoms with van der Waals surface area (Å²) in [4.78, 5) is 0. The summed E-state index contributed by atoms with van der Waals surface area (Å²) >= 11 is 2.05. The first-order valence-corrected chi connectivity index (χ1v) is 7.64. The summed E-state index contributed by atoms with van der Waals surface area (Å²) in [6.07, 6.45) is 0. The Morgan fingerprint density at radius 2 is 1.89 bits per heavy atom. The highest BCUT2D eigenvalue weighted by Crippen LogP contribution is 2.32. The molecule has 1 aliphatic rings. The van der Waals surface area contributed by atoms with Gasteiger partial charge in [-0.25, -0.2) is 0 Å². The fourth-order valence-corrected chi connectivity index (χ4v) is 3.92. The SMILES string of the molecule is CC1(C)CSCC(c2cccc3ccccc23)N1. The predicted octanol–water partition coefficient (Wildman–Crippen LogP) is 4.00. The van der Waals surface area contributed by atoms with Crippen LogP contribution >= 0.6 is 11.8 Å². The molecule has 1 aliphatic heterocycles. The minimum absolute atomic E-state index is 0.227. The molecule has 0 radical (unpaired) electrons. The largest absolute Gasteiger partial charge is 0.303 e. The maximum absolute atomic E-state index is 3.78. The van der Waals surface area contributed by atoms with Crippen molar-refractivity contribution in [3.63, 3.8) is 0 Å². The number of rotatable bonds is 1. The Labute approximate surface area is 113 Å². The average molecular weight is 257 g/mol. The van der Waals surface area contributed by atoms with Crippen molar-refractivity contribution >= 4 is 22.5 Å². The van der Waals surface area contributed by atoms with Gasteiger partial charge < -0.3 is 5.32 Å². The van der Waals surface area contributed by atoms with Gasteiger partial charge in [0.25, 0.3) is 0 Å². The maximum atomic E-state index is 3.78. The van der Waals surface area contributed by atoms with Crippen molar-refractivity contribution in [3.8, 4) is 0 Å². The van der Waals surface area contributed by atoms with Crippen LogP contribution in [0, 0.1) is 0 Å². The molecule has 94 valence electrons. The van der Waals surface area contributed by atoms with E-state index in [-0.39, 0.29) is 5.54 Å². The first-order valence-electron chi connectivity index (χ1n) is 6.49. The molecule has 1 atom stereocenters. The Morgan fingerprint density at radius 3 is 2.72 bits per heavy atom. The molecule has 0 aliphatic carbocycles. The second-order valence-corrected chi connectivity index (χ2v) is 6.69. The van der Waals surface area contributed by atoms with E-state index in [1.165, 1.54) is 22.1 Å². The van der Waals surface area contributed by atoms with Crippen molar-refractivity contribution in [2.45, 2.75) is 25.4 Å². The molecule has 18 heavy (non-hydrogen) atoms. The molecule has 0 bridgehead atoms. The van der Waals surface area contributed by atoms with E-state index in [0.29, 0.717) is 6.04 Å². The number of hydrogen-bond donors (Lipinski definition) is 1. The van der Waals surface area contributed by atoms with Crippen molar-refractivity contribution in [1.82, 2.24) is 5.32 Å². The Balaban J connectivity index is 2.04. The molecule has 1 N–H and O–H groups in total. The number of benzene rings is 2. The first-order chi connectivity index (χ1) is 8.66. The van der Waals surface area contributed by atoms with Crippen LogP contribution in [0.3, 0.4) is 0 Å². The lowest BCUT2D eigenvalue weighted by molar-refractivity contribution is 0.377. The molecule has 2 aromatic carbocycles. The summed E-state index contributed by atoms with van der Waals surface area (Å²) in [5.41, 5.74) is 1.67. The predicted molar refractivity (Wildman–Crippen MR) is 81.2 cm³/mol. The zero-order chi connectivity index (χ0) is 12.6. The molecular formula is C16H19NS. The van der Waals surface area contributed by atoms with Crippen LogP contribution in [0.15, 0.2) is 42.5 Å². The monoisotopic (exact) mass is 257 g/mol. The minimum atomic E-state index is 0.227. The van der Waals surface area contributed by atoms with Gasteiger partial charge in [0.05, 0.1) is 0 Å². The van der Waals surface area contributed by atoms with Crippen molar-refractivity contribution in [3.05, 3.63) is 48.0 Å². The molecule has 1 heterocycles. The standard InChI is InChI=1S/C16H19NS/c1-16(2)11-18-10-15(17-16)14-9-5-7-12-6-3-4-8-13(12)14/h3-9,15,17H,10-11H2,1-2H3. The highest BCUT2D eigenvalue weighted by molar-refractivity contribution is 7.99. The highest BCUT2D eigenvalue weighted by Gasteiger charge is 2.28. The molecular weight excluding hydrogens is 238 g/mol. The third kappa shape index (κ3) is 2.27. The number of hydrogen-bond acceptors (Lipinski definition) is 2. The van der Waals surface area contributed by atoms with Crippen LogP contribution in [0.2, 0.25) is 0 Å². The Hall–Kier alpha value is -0.990. The van der Waals surface area contributed by atoms with Crippen LogP contribution in [0.5, 0.6) is 0 Å². The van der Waals surface area contributed by atoms with E-state index in [0.717, 1.165) is 5.75 Å². The summed E-state index contributed by atoms with van der Waals surface area (Å²) in [6.45, 7) is 4.58. The van der Waals surface area contributed by atoms with Crippen LogP contribution in [-0.2, 0) is 0 Å². The van der Waals surface area contributed by atoms with Crippen molar-refractivity contribution < 1.29 is 0 Å². The fraction of sp³-hybridized carbons (Fsp3) is 0.375. The molecule has 2 aromatic rings. The van der Waals surface area contributed by atoms with Crippen molar-refractivity contribution in [2.75, 3.05) is 11.5 Å². The summed E-state index contributed by atoms with van der Waals surface area (Å²) in [7, 11) is 0. The lowest BCUT2D eigenvalue weighted by Crippen LogP contribution is -2.48. The number of fused-ring (bicyclic) bond motifs is 1. The maximum Gasteiger partial charge on any atom is 0.0422 e. The van der Waals surface area contributed by atoms with Gasteiger partial charge in [0.15, 0.2) is 0 Å². The van der Waals surface area contributed by atoms with Gasteiger partial charge in [-0.1, -0.05) is 42.5 Å². The average Bonchev–Trinajstić information content (AvgIpc) is 2.37. The normalized spacial score (nSPS) is 23.1. The Bertz CT molecular complexity index is 557. The highest BCUT2D eigenvalue weighted by atomic mass is 32.2. The minimum Gasteiger partial charge on any atom is -0.303 e. The van der Waals surface area contributed by atoms with Crippen LogP contribution in [0.4, 0.5) is 0 Å². The quantitative estimate of drug-likeness (QED) is 0.829. The summed E-state index contributed by atoms with van der Waals surface area (Å²) < 4.78 is 0.